The van der Waals surface area contributed by atoms with E-state index in [2.05, 4.69) is 20.1 Å². The maximum Gasteiger partial charge on any atom is 0.374 e. The molecule has 1 aliphatic rings. The maximum absolute atomic E-state index is 6.33. The van der Waals surface area contributed by atoms with Gasteiger partial charge in [0.05, 0.1) is 0 Å². The van der Waals surface area contributed by atoms with E-state index >= 15 is 0 Å². The molecule has 1 aliphatic heterocycles. The van der Waals surface area contributed by atoms with Crippen molar-refractivity contribution in [1.29, 1.82) is 0 Å². The highest BCUT2D eigenvalue weighted by Gasteiger charge is 2.69. The molecule has 1 heterocycles. The lowest BCUT2D eigenvalue weighted by Crippen LogP contribution is -2.87. The van der Waals surface area contributed by atoms with Gasteiger partial charge in [0.1, 0.15) is 10.9 Å². The molecule has 0 aromatic rings. The first-order valence-corrected chi connectivity index (χ1v) is 8.88. The second-order valence-corrected chi connectivity index (χ2v) is 8.65. The minimum atomic E-state index is -2.66. The lowest BCUT2D eigenvalue weighted by molar-refractivity contribution is -0.0716. The van der Waals surface area contributed by atoms with Crippen LogP contribution in [-0.2, 0) is 13.6 Å². The van der Waals surface area contributed by atoms with E-state index < -0.39 is 19.4 Å². The number of hydrogen-bond donors (Lipinski definition) is 3. The number of hydrogen-bond acceptors (Lipinski definition) is 6. The van der Waals surface area contributed by atoms with E-state index in [0.717, 1.165) is 12.5 Å². The van der Waals surface area contributed by atoms with Crippen molar-refractivity contribution in [3.05, 3.63) is 13.2 Å². The van der Waals surface area contributed by atoms with Gasteiger partial charge in [-0.3, -0.25) is 0 Å². The highest BCUT2D eigenvalue weighted by atomic mass is 28.4. The third-order valence-electron chi connectivity index (χ3n) is 4.32. The second kappa shape index (κ2) is 7.65. The molecule has 0 aromatic carbocycles. The Hall–Kier alpha value is -0.283. The minimum Gasteiger partial charge on any atom is -0.396 e. The van der Waals surface area contributed by atoms with Gasteiger partial charge in [0.2, 0.25) is 0 Å². The summed E-state index contributed by atoms with van der Waals surface area (Å²) in [6.07, 6.45) is 2.24. The first kappa shape index (κ1) is 19.7. The summed E-state index contributed by atoms with van der Waals surface area (Å²) >= 11 is 0. The van der Waals surface area contributed by atoms with Gasteiger partial charge in [-0.2, -0.15) is 0 Å². The van der Waals surface area contributed by atoms with Crippen molar-refractivity contribution in [3.8, 4) is 0 Å². The van der Waals surface area contributed by atoms with Crippen molar-refractivity contribution >= 4 is 8.56 Å². The zero-order chi connectivity index (χ0) is 16.0. The predicted molar refractivity (Wildman–Crippen MR) is 84.2 cm³/mol. The molecule has 1 fully saturated rings. The summed E-state index contributed by atoms with van der Waals surface area (Å²) in [5.74, 6) is 0. The van der Waals surface area contributed by atoms with Crippen molar-refractivity contribution in [2.24, 2.45) is 17.2 Å². The number of nitrogens with two attached hydrogens (primary N) is 3. The fourth-order valence-corrected chi connectivity index (χ4v) is 7.34. The van der Waals surface area contributed by atoms with Crippen LogP contribution in [0.1, 0.15) is 26.2 Å². The van der Waals surface area contributed by atoms with Gasteiger partial charge in [-0.15, -0.1) is 13.2 Å². The second-order valence-electron chi connectivity index (χ2n) is 5.02. The number of ether oxygens (including phenoxy) is 1. The Kier molecular flexibility index (Phi) is 7.54. The third kappa shape index (κ3) is 2.71. The quantitative estimate of drug-likeness (QED) is 0.390. The van der Waals surface area contributed by atoms with E-state index in [0.29, 0.717) is 12.8 Å². The average Bonchev–Trinajstić information content (AvgIpc) is 2.47. The molecule has 0 aromatic heterocycles. The van der Waals surface area contributed by atoms with Crippen LogP contribution < -0.4 is 17.2 Å². The van der Waals surface area contributed by atoms with Crippen LogP contribution in [0.3, 0.4) is 0 Å². The largest absolute Gasteiger partial charge is 0.396 e. The van der Waals surface area contributed by atoms with E-state index in [4.69, 9.17) is 30.8 Å². The lowest BCUT2D eigenvalue weighted by atomic mass is 9.89. The van der Waals surface area contributed by atoms with Gasteiger partial charge >= 0.3 is 8.56 Å². The molecule has 0 amide bonds. The highest BCUT2D eigenvalue weighted by molar-refractivity contribution is 6.71. The molecule has 0 bridgehead atoms. The molecule has 6 N–H and O–H groups in total. The maximum atomic E-state index is 6.33. The zero-order valence-corrected chi connectivity index (χ0v) is 14.3. The molecule has 7 heteroatoms. The topological polar surface area (TPSA) is 106 Å². The van der Waals surface area contributed by atoms with Crippen molar-refractivity contribution in [3.63, 3.8) is 0 Å². The molecular weight excluding hydrogens is 274 g/mol. The summed E-state index contributed by atoms with van der Waals surface area (Å²) in [6, 6.07) is 0.417. The molecule has 6 nitrogen and oxygen atoms in total. The Morgan fingerprint density at radius 1 is 1.20 bits per heavy atom. The summed E-state index contributed by atoms with van der Waals surface area (Å²) in [7, 11) is 2.24. The minimum absolute atomic E-state index is 0.324. The van der Waals surface area contributed by atoms with Crippen LogP contribution in [-0.4, -0.2) is 46.8 Å². The third-order valence-corrected chi connectivity index (χ3v) is 8.71. The normalized spacial score (nSPS) is 31.2. The Balaban J connectivity index is 0.00000172. The molecule has 20 heavy (non-hydrogen) atoms. The van der Waals surface area contributed by atoms with Gasteiger partial charge in [0.25, 0.3) is 0 Å². The monoisotopic (exact) mass is 305 g/mol. The molecule has 120 valence electrons. The Bertz CT molecular complexity index is 301. The lowest BCUT2D eigenvalue weighted by Gasteiger charge is -2.58. The van der Waals surface area contributed by atoms with Gasteiger partial charge in [-0.05, 0) is 18.9 Å². The van der Waals surface area contributed by atoms with Gasteiger partial charge in [0, 0.05) is 27.4 Å². The SMILES string of the molecule is C=C.CCCC1(OC)C(N)(N)C(N)CC[Si]1(OC)OC. The van der Waals surface area contributed by atoms with Crippen LogP contribution in [0.5, 0.6) is 0 Å². The number of rotatable bonds is 5. The molecule has 0 radical (unpaired) electrons. The van der Waals surface area contributed by atoms with Crippen LogP contribution in [0.2, 0.25) is 6.04 Å². The van der Waals surface area contributed by atoms with E-state index in [1.807, 2.05) is 0 Å². The Labute approximate surface area is 123 Å². The molecule has 0 spiro atoms. The molecule has 2 unspecified atom stereocenters. The van der Waals surface area contributed by atoms with Crippen molar-refractivity contribution < 1.29 is 13.6 Å². The van der Waals surface area contributed by atoms with Crippen molar-refractivity contribution in [1.82, 2.24) is 0 Å². The molecule has 2 atom stereocenters. The zero-order valence-electron chi connectivity index (χ0n) is 13.3. The predicted octanol–water partition coefficient (Wildman–Crippen LogP) is 0.593. The van der Waals surface area contributed by atoms with E-state index in [1.165, 1.54) is 0 Å². The van der Waals surface area contributed by atoms with Crippen LogP contribution in [0.15, 0.2) is 13.2 Å². The smallest absolute Gasteiger partial charge is 0.374 e. The molecule has 0 saturated carbocycles. The number of methoxy groups -OCH3 is 1. The molecular formula is C13H31N3O3Si. The Morgan fingerprint density at radius 3 is 2.05 bits per heavy atom. The van der Waals surface area contributed by atoms with Gasteiger partial charge in [-0.25, -0.2) is 0 Å². The molecule has 0 aliphatic carbocycles. The fraction of sp³-hybridized carbons (Fsp3) is 0.846. The first-order valence-electron chi connectivity index (χ1n) is 6.86. The first-order chi connectivity index (χ1) is 9.37. The van der Waals surface area contributed by atoms with Crippen LogP contribution in [0.25, 0.3) is 0 Å². The standard InChI is InChI=1S/C11H27N3O3Si.C2H4/c1-5-7-10(15-2)11(13,14)9(12)6-8-18(10,16-3)17-4;1-2/h9H,5-8,12-14H2,1-4H3;1-2H2. The average molecular weight is 305 g/mol. The van der Waals surface area contributed by atoms with Gasteiger partial charge in [-0.1, -0.05) is 13.3 Å². The van der Waals surface area contributed by atoms with Crippen LogP contribution >= 0.6 is 0 Å². The summed E-state index contributed by atoms with van der Waals surface area (Å²) in [4.78, 5) is 0. The summed E-state index contributed by atoms with van der Waals surface area (Å²) in [6.45, 7) is 8.06. The van der Waals surface area contributed by atoms with Crippen molar-refractivity contribution in [2.45, 2.75) is 49.2 Å². The summed E-state index contributed by atoms with van der Waals surface area (Å²) < 4.78 is 17.3. The molecule has 1 saturated heterocycles. The van der Waals surface area contributed by atoms with Gasteiger partial charge < -0.3 is 30.8 Å². The Morgan fingerprint density at radius 2 is 1.70 bits per heavy atom. The summed E-state index contributed by atoms with van der Waals surface area (Å²) in [5.41, 5.74) is 17.6. The summed E-state index contributed by atoms with van der Waals surface area (Å²) in [5, 5.41) is -0.823. The highest BCUT2D eigenvalue weighted by Crippen LogP contribution is 2.44. The molecule has 1 rings (SSSR count). The van der Waals surface area contributed by atoms with Crippen LogP contribution in [0.4, 0.5) is 0 Å². The van der Waals surface area contributed by atoms with Crippen molar-refractivity contribution in [2.75, 3.05) is 21.3 Å². The fourth-order valence-electron chi connectivity index (χ4n) is 3.23. The van der Waals surface area contributed by atoms with Crippen LogP contribution in [0, 0.1) is 0 Å². The van der Waals surface area contributed by atoms with E-state index in [1.54, 1.807) is 21.3 Å². The van der Waals surface area contributed by atoms with E-state index in [9.17, 15) is 0 Å². The van der Waals surface area contributed by atoms with E-state index in [-0.39, 0.29) is 6.04 Å². The van der Waals surface area contributed by atoms with Gasteiger partial charge in [0.15, 0.2) is 0 Å².